The number of nitrogens with zero attached hydrogens (tertiary/aromatic N) is 1. The van der Waals surface area contributed by atoms with E-state index in [-0.39, 0.29) is 29.4 Å². The van der Waals surface area contributed by atoms with Crippen LogP contribution in [0.1, 0.15) is 10.4 Å². The molecule has 1 aromatic rings. The summed E-state index contributed by atoms with van der Waals surface area (Å²) < 4.78 is 4.77. The van der Waals surface area contributed by atoms with Crippen LogP contribution in [0.5, 0.6) is 0 Å². The van der Waals surface area contributed by atoms with Gasteiger partial charge in [0.2, 0.25) is 0 Å². The summed E-state index contributed by atoms with van der Waals surface area (Å²) in [5, 5.41) is 21.2. The number of urea groups is 1. The molecule has 0 aliphatic carbocycles. The lowest BCUT2D eigenvalue weighted by molar-refractivity contribution is 0.0501. The lowest BCUT2D eigenvalue weighted by atomic mass is 10.2. The first-order valence-electron chi connectivity index (χ1n) is 6.06. The molecule has 0 aliphatic rings. The van der Waals surface area contributed by atoms with E-state index in [0.717, 1.165) is 0 Å². The van der Waals surface area contributed by atoms with Crippen molar-refractivity contribution in [3.8, 4) is 0 Å². The summed E-state index contributed by atoms with van der Waals surface area (Å²) in [7, 11) is 2.94. The molecule has 0 bridgehead atoms. The Morgan fingerprint density at radius 3 is 2.67 bits per heavy atom. The van der Waals surface area contributed by atoms with Crippen LogP contribution in [0.15, 0.2) is 18.2 Å². The van der Waals surface area contributed by atoms with Gasteiger partial charge in [0.1, 0.15) is 0 Å². The number of amides is 2. The number of rotatable bonds is 6. The second-order valence-corrected chi connectivity index (χ2v) is 4.89. The number of methoxy groups -OCH3 is 1. The molecule has 0 saturated heterocycles. The maximum absolute atomic E-state index is 11.9. The largest absolute Gasteiger partial charge is 0.478 e. The second kappa shape index (κ2) is 7.82. The topological polar surface area (TPSA) is 99.1 Å². The van der Waals surface area contributed by atoms with E-state index >= 15 is 0 Å². The van der Waals surface area contributed by atoms with Gasteiger partial charge < -0.3 is 25.2 Å². The van der Waals surface area contributed by atoms with E-state index in [1.54, 1.807) is 0 Å². The van der Waals surface area contributed by atoms with Crippen LogP contribution in [-0.4, -0.2) is 60.5 Å². The Hall–Kier alpha value is -1.83. The number of carboxylic acid groups (broad SMARTS) is 1. The first kappa shape index (κ1) is 17.2. The van der Waals surface area contributed by atoms with Crippen molar-refractivity contribution in [1.82, 2.24) is 4.90 Å². The number of benzene rings is 1. The van der Waals surface area contributed by atoms with Gasteiger partial charge in [-0.3, -0.25) is 0 Å². The van der Waals surface area contributed by atoms with Gasteiger partial charge in [0.05, 0.1) is 24.8 Å². The Morgan fingerprint density at radius 1 is 1.43 bits per heavy atom. The van der Waals surface area contributed by atoms with Crippen LogP contribution in [0.3, 0.4) is 0 Å². The molecule has 0 radical (unpaired) electrons. The summed E-state index contributed by atoms with van der Waals surface area (Å²) in [6, 6.07) is 3.52. The molecule has 1 aromatic carbocycles. The van der Waals surface area contributed by atoms with E-state index in [1.807, 2.05) is 0 Å². The van der Waals surface area contributed by atoms with Crippen molar-refractivity contribution < 1.29 is 24.5 Å². The molecule has 2 amide bonds. The number of hydrogen-bond acceptors (Lipinski definition) is 4. The van der Waals surface area contributed by atoms with Gasteiger partial charge >= 0.3 is 12.0 Å². The molecule has 0 fully saturated rings. The zero-order chi connectivity index (χ0) is 16.0. The highest BCUT2D eigenvalue weighted by molar-refractivity contribution is 6.31. The average Bonchev–Trinajstić information content (AvgIpc) is 2.37. The van der Waals surface area contributed by atoms with Gasteiger partial charge in [-0.25, -0.2) is 9.59 Å². The molecule has 1 rings (SSSR count). The summed E-state index contributed by atoms with van der Waals surface area (Å²) in [4.78, 5) is 24.1. The van der Waals surface area contributed by atoms with Crippen LogP contribution < -0.4 is 5.32 Å². The van der Waals surface area contributed by atoms with E-state index in [9.17, 15) is 14.7 Å². The van der Waals surface area contributed by atoms with Gasteiger partial charge in [-0.1, -0.05) is 11.6 Å². The molecule has 0 spiro atoms. The number of anilines is 1. The highest BCUT2D eigenvalue weighted by Gasteiger charge is 2.15. The van der Waals surface area contributed by atoms with Crippen molar-refractivity contribution in [2.45, 2.75) is 6.10 Å². The fraction of sp³-hybridized carbons (Fsp3) is 0.385. The fourth-order valence-corrected chi connectivity index (χ4v) is 1.88. The number of likely N-dealkylation sites (N-methyl/N-ethyl adjacent to an activating group) is 1. The Labute approximate surface area is 127 Å². The number of carbonyl (C=O) groups excluding carboxylic acids is 1. The molecule has 0 aliphatic heterocycles. The number of halogens is 1. The van der Waals surface area contributed by atoms with Crippen LogP contribution in [0, 0.1) is 0 Å². The van der Waals surface area contributed by atoms with Crippen LogP contribution >= 0.6 is 11.6 Å². The zero-order valence-electron chi connectivity index (χ0n) is 11.7. The number of carboxylic acids is 1. The number of aliphatic hydroxyl groups excluding tert-OH is 1. The predicted molar refractivity (Wildman–Crippen MR) is 77.9 cm³/mol. The third-order valence-electron chi connectivity index (χ3n) is 2.59. The molecule has 21 heavy (non-hydrogen) atoms. The number of aromatic carboxylic acids is 1. The van der Waals surface area contributed by atoms with Gasteiger partial charge in [0.25, 0.3) is 0 Å². The first-order chi connectivity index (χ1) is 9.83. The summed E-state index contributed by atoms with van der Waals surface area (Å²) in [6.45, 7) is 0.184. The number of aliphatic hydroxyl groups is 1. The van der Waals surface area contributed by atoms with Crippen molar-refractivity contribution in [3.05, 3.63) is 28.8 Å². The number of carbonyl (C=O) groups is 2. The van der Waals surface area contributed by atoms with E-state index in [0.29, 0.717) is 0 Å². The normalized spacial score (nSPS) is 11.8. The highest BCUT2D eigenvalue weighted by atomic mass is 35.5. The number of ether oxygens (including phenoxy) is 1. The molecule has 8 heteroatoms. The Kier molecular flexibility index (Phi) is 6.41. The molecule has 116 valence electrons. The molecule has 1 atom stereocenters. The summed E-state index contributed by atoms with van der Waals surface area (Å²) in [6.07, 6.45) is -0.806. The highest BCUT2D eigenvalue weighted by Crippen LogP contribution is 2.19. The van der Waals surface area contributed by atoms with E-state index in [2.05, 4.69) is 5.32 Å². The molecular weight excluding hydrogens is 300 g/mol. The van der Waals surface area contributed by atoms with Crippen molar-refractivity contribution in [3.63, 3.8) is 0 Å². The molecule has 0 saturated carbocycles. The van der Waals surface area contributed by atoms with E-state index in [4.69, 9.17) is 21.4 Å². The van der Waals surface area contributed by atoms with Gasteiger partial charge in [0.15, 0.2) is 0 Å². The van der Waals surface area contributed by atoms with E-state index < -0.39 is 18.1 Å². The monoisotopic (exact) mass is 316 g/mol. The van der Waals surface area contributed by atoms with Crippen molar-refractivity contribution in [1.29, 1.82) is 0 Å². The smallest absolute Gasteiger partial charge is 0.335 e. The molecule has 3 N–H and O–H groups in total. The summed E-state index contributed by atoms with van der Waals surface area (Å²) in [5.41, 5.74) is 0.234. The third kappa shape index (κ3) is 5.58. The number of nitrogens with one attached hydrogen (secondary N) is 1. The first-order valence-corrected chi connectivity index (χ1v) is 6.44. The minimum Gasteiger partial charge on any atom is -0.478 e. The molecule has 0 aromatic heterocycles. The minimum absolute atomic E-state index is 0.0279. The SMILES string of the molecule is COCC(O)CN(C)C(=O)Nc1cc(Cl)cc(C(=O)O)c1. The second-order valence-electron chi connectivity index (χ2n) is 4.45. The molecule has 0 heterocycles. The Balaban J connectivity index is 2.72. The zero-order valence-corrected chi connectivity index (χ0v) is 12.4. The van der Waals surface area contributed by atoms with Crippen molar-refractivity contribution in [2.24, 2.45) is 0 Å². The molecule has 7 nitrogen and oxygen atoms in total. The molecular formula is C13H17ClN2O5. The third-order valence-corrected chi connectivity index (χ3v) is 2.80. The van der Waals surface area contributed by atoms with Crippen LogP contribution in [-0.2, 0) is 4.74 Å². The standard InChI is InChI=1S/C13H17ClN2O5/c1-16(6-11(17)7-21-2)13(20)15-10-4-8(12(18)19)3-9(14)5-10/h3-5,11,17H,6-7H2,1-2H3,(H,15,20)(H,18,19). The lowest BCUT2D eigenvalue weighted by Crippen LogP contribution is -2.38. The van der Waals surface area contributed by atoms with Crippen LogP contribution in [0.2, 0.25) is 5.02 Å². The van der Waals surface area contributed by atoms with Crippen molar-refractivity contribution >= 4 is 29.3 Å². The molecule has 1 unspecified atom stereocenters. The van der Waals surface area contributed by atoms with Crippen LogP contribution in [0.4, 0.5) is 10.5 Å². The maximum Gasteiger partial charge on any atom is 0.335 e. The lowest BCUT2D eigenvalue weighted by Gasteiger charge is -2.21. The Morgan fingerprint density at radius 2 is 2.10 bits per heavy atom. The van der Waals surface area contributed by atoms with Crippen molar-refractivity contribution in [2.75, 3.05) is 32.6 Å². The quantitative estimate of drug-likeness (QED) is 0.739. The van der Waals surface area contributed by atoms with E-state index in [1.165, 1.54) is 37.3 Å². The van der Waals surface area contributed by atoms with Gasteiger partial charge in [-0.15, -0.1) is 0 Å². The van der Waals surface area contributed by atoms with Gasteiger partial charge in [-0.05, 0) is 18.2 Å². The minimum atomic E-state index is -1.14. The number of hydrogen-bond donors (Lipinski definition) is 3. The predicted octanol–water partition coefficient (Wildman–Crippen LogP) is 1.51. The van der Waals surface area contributed by atoms with Gasteiger partial charge in [0, 0.05) is 24.9 Å². The average molecular weight is 317 g/mol. The van der Waals surface area contributed by atoms with Gasteiger partial charge in [-0.2, -0.15) is 0 Å². The summed E-state index contributed by atoms with van der Waals surface area (Å²) in [5.74, 6) is -1.14. The van der Waals surface area contributed by atoms with Crippen LogP contribution in [0.25, 0.3) is 0 Å². The Bertz CT molecular complexity index is 523. The summed E-state index contributed by atoms with van der Waals surface area (Å²) >= 11 is 5.80. The fourth-order valence-electron chi connectivity index (χ4n) is 1.65. The maximum atomic E-state index is 11.9.